The first-order chi connectivity index (χ1) is 7.97. The zero-order valence-corrected chi connectivity index (χ0v) is 12.2. The molecule has 0 bridgehead atoms. The average molecular weight is 261 g/mol. The van der Waals surface area contributed by atoms with E-state index in [0.717, 1.165) is 32.1 Å². The Bertz CT molecular complexity index is 311. The molecular weight excluding hydrogens is 234 g/mol. The minimum atomic E-state index is -2.85. The van der Waals surface area contributed by atoms with E-state index in [-0.39, 0.29) is 11.3 Å². The number of sulfone groups is 1. The molecule has 1 rings (SSSR count). The Morgan fingerprint density at radius 2 is 1.94 bits per heavy atom. The molecular formula is C13H27NO2S. The van der Waals surface area contributed by atoms with Crippen LogP contribution >= 0.6 is 0 Å². The molecule has 1 saturated heterocycles. The van der Waals surface area contributed by atoms with Gasteiger partial charge in [0.1, 0.15) is 0 Å². The second-order valence-corrected chi connectivity index (χ2v) is 7.96. The van der Waals surface area contributed by atoms with Crippen molar-refractivity contribution in [2.24, 2.45) is 5.92 Å². The van der Waals surface area contributed by atoms with Gasteiger partial charge < -0.3 is 5.32 Å². The van der Waals surface area contributed by atoms with E-state index < -0.39 is 9.84 Å². The molecule has 0 saturated carbocycles. The monoisotopic (exact) mass is 261 g/mol. The summed E-state index contributed by atoms with van der Waals surface area (Å²) in [6.07, 6.45) is 6.04. The van der Waals surface area contributed by atoms with Crippen molar-refractivity contribution in [2.45, 2.75) is 63.7 Å². The van der Waals surface area contributed by atoms with Crippen molar-refractivity contribution in [3.8, 4) is 0 Å². The smallest absolute Gasteiger partial charge is 0.154 e. The van der Waals surface area contributed by atoms with Crippen LogP contribution in [0, 0.1) is 5.92 Å². The highest BCUT2D eigenvalue weighted by molar-refractivity contribution is 7.92. The highest BCUT2D eigenvalue weighted by Crippen LogP contribution is 2.25. The molecule has 0 aromatic heterocycles. The van der Waals surface area contributed by atoms with E-state index in [1.165, 1.54) is 6.42 Å². The second kappa shape index (κ2) is 6.74. The van der Waals surface area contributed by atoms with Gasteiger partial charge in [0, 0.05) is 6.04 Å². The van der Waals surface area contributed by atoms with Crippen LogP contribution in [0.4, 0.5) is 0 Å². The predicted molar refractivity (Wildman–Crippen MR) is 73.0 cm³/mol. The Kier molecular flexibility index (Phi) is 5.93. The Hall–Kier alpha value is -0.0900. The summed E-state index contributed by atoms with van der Waals surface area (Å²) >= 11 is 0. The van der Waals surface area contributed by atoms with E-state index in [0.29, 0.717) is 11.7 Å². The zero-order chi connectivity index (χ0) is 12.9. The molecule has 1 N–H and O–H groups in total. The lowest BCUT2D eigenvalue weighted by Gasteiger charge is -2.30. The molecule has 0 amide bonds. The number of rotatable bonds is 6. The fourth-order valence-corrected chi connectivity index (χ4v) is 4.90. The maximum atomic E-state index is 12.0. The standard InChI is InChI=1S/C13H27NO2S/c1-11(2)7-6-8-12(14-3)13-9-4-5-10-17(13,15)16/h11-14H,4-10H2,1-3H3. The first-order valence-corrected chi connectivity index (χ1v) is 8.57. The number of hydrogen-bond acceptors (Lipinski definition) is 3. The van der Waals surface area contributed by atoms with Gasteiger partial charge in [0.15, 0.2) is 9.84 Å². The van der Waals surface area contributed by atoms with E-state index >= 15 is 0 Å². The molecule has 0 spiro atoms. The van der Waals surface area contributed by atoms with Crippen LogP contribution in [0.1, 0.15) is 52.4 Å². The summed E-state index contributed by atoms with van der Waals surface area (Å²) in [7, 11) is -0.955. The largest absolute Gasteiger partial charge is 0.316 e. The summed E-state index contributed by atoms with van der Waals surface area (Å²) in [6.45, 7) is 4.43. The number of nitrogens with one attached hydrogen (secondary N) is 1. The van der Waals surface area contributed by atoms with Crippen LogP contribution in [0.2, 0.25) is 0 Å². The fraction of sp³-hybridized carbons (Fsp3) is 1.00. The maximum Gasteiger partial charge on any atom is 0.154 e. The molecule has 1 fully saturated rings. The van der Waals surface area contributed by atoms with Gasteiger partial charge in [0.2, 0.25) is 0 Å². The molecule has 0 radical (unpaired) electrons. The van der Waals surface area contributed by atoms with E-state index in [9.17, 15) is 8.42 Å². The third-order valence-corrected chi connectivity index (χ3v) is 6.09. The molecule has 0 aliphatic carbocycles. The van der Waals surface area contributed by atoms with Crippen molar-refractivity contribution in [3.63, 3.8) is 0 Å². The predicted octanol–water partition coefficient (Wildman–Crippen LogP) is 2.37. The SMILES string of the molecule is CNC(CCCC(C)C)C1CCCCS1(=O)=O. The molecule has 4 heteroatoms. The van der Waals surface area contributed by atoms with Gasteiger partial charge in [-0.25, -0.2) is 8.42 Å². The van der Waals surface area contributed by atoms with Crippen molar-refractivity contribution >= 4 is 9.84 Å². The van der Waals surface area contributed by atoms with Crippen LogP contribution in [0.25, 0.3) is 0 Å². The summed E-state index contributed by atoms with van der Waals surface area (Å²) in [5.74, 6) is 1.09. The van der Waals surface area contributed by atoms with Crippen molar-refractivity contribution in [3.05, 3.63) is 0 Å². The topological polar surface area (TPSA) is 46.2 Å². The van der Waals surface area contributed by atoms with Gasteiger partial charge in [0.05, 0.1) is 11.0 Å². The Morgan fingerprint density at radius 1 is 1.24 bits per heavy atom. The number of hydrogen-bond donors (Lipinski definition) is 1. The molecule has 0 aromatic carbocycles. The van der Waals surface area contributed by atoms with Gasteiger partial charge in [-0.2, -0.15) is 0 Å². The van der Waals surface area contributed by atoms with Gasteiger partial charge in [0.25, 0.3) is 0 Å². The minimum Gasteiger partial charge on any atom is -0.316 e. The summed E-state index contributed by atoms with van der Waals surface area (Å²) in [5, 5.41) is 3.08. The lowest BCUT2D eigenvalue weighted by Crippen LogP contribution is -2.45. The highest BCUT2D eigenvalue weighted by Gasteiger charge is 2.34. The molecule has 17 heavy (non-hydrogen) atoms. The summed E-state index contributed by atoms with van der Waals surface area (Å²) in [6, 6.07) is 0.152. The molecule has 2 unspecified atom stereocenters. The van der Waals surface area contributed by atoms with Crippen LogP contribution in [-0.2, 0) is 9.84 Å². The van der Waals surface area contributed by atoms with E-state index in [1.807, 2.05) is 7.05 Å². The third kappa shape index (κ3) is 4.59. The molecule has 102 valence electrons. The Balaban J connectivity index is 2.53. The van der Waals surface area contributed by atoms with Crippen LogP contribution in [0.5, 0.6) is 0 Å². The lowest BCUT2D eigenvalue weighted by molar-refractivity contribution is 0.412. The van der Waals surface area contributed by atoms with Crippen molar-refractivity contribution in [1.29, 1.82) is 0 Å². The van der Waals surface area contributed by atoms with Crippen molar-refractivity contribution in [2.75, 3.05) is 12.8 Å². The quantitative estimate of drug-likeness (QED) is 0.798. The van der Waals surface area contributed by atoms with Gasteiger partial charge in [-0.3, -0.25) is 0 Å². The Morgan fingerprint density at radius 3 is 2.47 bits per heavy atom. The first kappa shape index (κ1) is 15.0. The maximum absolute atomic E-state index is 12.0. The van der Waals surface area contributed by atoms with E-state index in [2.05, 4.69) is 19.2 Å². The molecule has 1 aliphatic rings. The molecule has 0 aromatic rings. The highest BCUT2D eigenvalue weighted by atomic mass is 32.2. The summed E-state index contributed by atoms with van der Waals surface area (Å²) < 4.78 is 24.1. The van der Waals surface area contributed by atoms with Gasteiger partial charge in [-0.15, -0.1) is 0 Å². The molecule has 3 nitrogen and oxygen atoms in total. The third-order valence-electron chi connectivity index (χ3n) is 3.74. The normalized spacial score (nSPS) is 26.0. The first-order valence-electron chi connectivity index (χ1n) is 6.86. The van der Waals surface area contributed by atoms with E-state index in [1.54, 1.807) is 0 Å². The summed E-state index contributed by atoms with van der Waals surface area (Å²) in [5.41, 5.74) is 0. The van der Waals surface area contributed by atoms with Crippen molar-refractivity contribution in [1.82, 2.24) is 5.32 Å². The minimum absolute atomic E-state index is 0.145. The molecule has 2 atom stereocenters. The van der Waals surface area contributed by atoms with Crippen molar-refractivity contribution < 1.29 is 8.42 Å². The lowest BCUT2D eigenvalue weighted by atomic mass is 9.99. The molecule has 1 aliphatic heterocycles. The Labute approximate surface area is 106 Å². The van der Waals surface area contributed by atoms with Crippen LogP contribution in [-0.4, -0.2) is 32.5 Å². The van der Waals surface area contributed by atoms with Crippen LogP contribution in [0.15, 0.2) is 0 Å². The zero-order valence-electron chi connectivity index (χ0n) is 11.4. The second-order valence-electron chi connectivity index (χ2n) is 5.62. The molecule has 1 heterocycles. The van der Waals surface area contributed by atoms with Gasteiger partial charge in [-0.1, -0.05) is 33.1 Å². The van der Waals surface area contributed by atoms with E-state index in [4.69, 9.17) is 0 Å². The van der Waals surface area contributed by atoms with Gasteiger partial charge in [-0.05, 0) is 32.2 Å². The average Bonchev–Trinajstić information content (AvgIpc) is 2.24. The van der Waals surface area contributed by atoms with Gasteiger partial charge >= 0.3 is 0 Å². The fourth-order valence-electron chi connectivity index (χ4n) is 2.69. The summed E-state index contributed by atoms with van der Waals surface area (Å²) in [4.78, 5) is 0. The van der Waals surface area contributed by atoms with Crippen LogP contribution < -0.4 is 5.32 Å². The van der Waals surface area contributed by atoms with Crippen LogP contribution in [0.3, 0.4) is 0 Å².